The summed E-state index contributed by atoms with van der Waals surface area (Å²) in [5.41, 5.74) is 17.2. The Bertz CT molecular complexity index is 1770. The SMILES string of the molecule is Cc1csc(-c2nnc(N)c3cccc(-c4ccccc4Oc4ncccc4-c4ccnc(N)n4)c23)c1. The summed E-state index contributed by atoms with van der Waals surface area (Å²) in [4.78, 5) is 13.8. The van der Waals surface area contributed by atoms with Crippen molar-refractivity contribution >= 4 is 33.9 Å². The zero-order chi connectivity index (χ0) is 25.4. The Hall–Kier alpha value is -4.89. The summed E-state index contributed by atoms with van der Waals surface area (Å²) in [6.45, 7) is 2.06. The lowest BCUT2D eigenvalue weighted by Gasteiger charge is -2.16. The molecule has 0 aliphatic rings. The summed E-state index contributed by atoms with van der Waals surface area (Å²) in [6, 6.07) is 21.4. The van der Waals surface area contributed by atoms with Crippen LogP contribution in [0.25, 0.3) is 43.7 Å². The van der Waals surface area contributed by atoms with Crippen molar-refractivity contribution in [1.82, 2.24) is 25.1 Å². The lowest BCUT2D eigenvalue weighted by Crippen LogP contribution is -2.00. The number of aromatic nitrogens is 5. The topological polar surface area (TPSA) is 126 Å². The molecule has 0 amide bonds. The van der Waals surface area contributed by atoms with E-state index in [4.69, 9.17) is 16.2 Å². The molecule has 37 heavy (non-hydrogen) atoms. The van der Waals surface area contributed by atoms with Crippen molar-refractivity contribution in [3.63, 3.8) is 0 Å². The van der Waals surface area contributed by atoms with Crippen LogP contribution in [0.4, 0.5) is 11.8 Å². The second kappa shape index (κ2) is 9.29. The van der Waals surface area contributed by atoms with Gasteiger partial charge in [0.1, 0.15) is 11.4 Å². The minimum Gasteiger partial charge on any atom is -0.438 e. The van der Waals surface area contributed by atoms with Gasteiger partial charge < -0.3 is 16.2 Å². The van der Waals surface area contributed by atoms with Gasteiger partial charge in [0.05, 0.1) is 16.1 Å². The molecule has 6 aromatic rings. The molecule has 4 N–H and O–H groups in total. The van der Waals surface area contributed by atoms with E-state index in [2.05, 4.69) is 43.5 Å². The van der Waals surface area contributed by atoms with Crippen molar-refractivity contribution in [2.24, 2.45) is 0 Å². The van der Waals surface area contributed by atoms with Crippen molar-refractivity contribution < 1.29 is 4.74 Å². The number of fused-ring (bicyclic) bond motifs is 1. The number of hydrogen-bond donors (Lipinski definition) is 2. The maximum Gasteiger partial charge on any atom is 0.228 e. The first-order chi connectivity index (χ1) is 18.1. The van der Waals surface area contributed by atoms with Gasteiger partial charge in [-0.3, -0.25) is 0 Å². The molecule has 8 nitrogen and oxygen atoms in total. The Morgan fingerprint density at radius 3 is 2.49 bits per heavy atom. The van der Waals surface area contributed by atoms with Gasteiger partial charge in [-0.15, -0.1) is 21.5 Å². The number of nitrogen functional groups attached to an aromatic ring is 2. The average Bonchev–Trinajstić information content (AvgIpc) is 3.35. The van der Waals surface area contributed by atoms with Crippen molar-refractivity contribution in [3.8, 4) is 44.6 Å². The molecule has 2 aromatic carbocycles. The number of benzene rings is 2. The fraction of sp³-hybridized carbons (Fsp3) is 0.0357. The van der Waals surface area contributed by atoms with Gasteiger partial charge in [0.2, 0.25) is 11.8 Å². The van der Waals surface area contributed by atoms with Crippen LogP contribution in [0.15, 0.2) is 84.5 Å². The van der Waals surface area contributed by atoms with E-state index in [-0.39, 0.29) is 5.95 Å². The summed E-state index contributed by atoms with van der Waals surface area (Å²) < 4.78 is 6.44. The second-order valence-corrected chi connectivity index (χ2v) is 9.32. The molecule has 6 rings (SSSR count). The Morgan fingerprint density at radius 2 is 1.65 bits per heavy atom. The van der Waals surface area contributed by atoms with Crippen LogP contribution in [0, 0.1) is 6.92 Å². The molecule has 0 atom stereocenters. The van der Waals surface area contributed by atoms with E-state index in [1.165, 1.54) is 5.56 Å². The van der Waals surface area contributed by atoms with Crippen molar-refractivity contribution in [3.05, 3.63) is 90.1 Å². The van der Waals surface area contributed by atoms with Crippen molar-refractivity contribution in [1.29, 1.82) is 0 Å². The van der Waals surface area contributed by atoms with Crippen LogP contribution in [-0.4, -0.2) is 25.1 Å². The van der Waals surface area contributed by atoms with E-state index < -0.39 is 0 Å². The lowest BCUT2D eigenvalue weighted by atomic mass is 9.96. The smallest absolute Gasteiger partial charge is 0.228 e. The third-order valence-electron chi connectivity index (χ3n) is 5.90. The van der Waals surface area contributed by atoms with Gasteiger partial charge in [-0.2, -0.15) is 0 Å². The standard InChI is InChI=1S/C28H21N7OS/c1-16-14-23(37-15-16)25-24-18(7-4-8-20(24)26(29)35-34-25)17-6-2-3-10-22(17)36-27-19(9-5-12-31-27)21-11-13-32-28(30)33-21/h2-15H,1H3,(H2,29,35)(H2,30,32,33). The van der Waals surface area contributed by atoms with Crippen LogP contribution >= 0.6 is 11.3 Å². The van der Waals surface area contributed by atoms with Gasteiger partial charge in [-0.1, -0.05) is 36.4 Å². The summed E-state index contributed by atoms with van der Waals surface area (Å²) in [5.74, 6) is 1.58. The zero-order valence-electron chi connectivity index (χ0n) is 19.8. The van der Waals surface area contributed by atoms with Crippen LogP contribution in [0.5, 0.6) is 11.6 Å². The van der Waals surface area contributed by atoms with E-state index in [1.807, 2.05) is 54.6 Å². The third-order valence-corrected chi connectivity index (χ3v) is 6.96. The molecule has 0 spiro atoms. The van der Waals surface area contributed by atoms with Gasteiger partial charge >= 0.3 is 0 Å². The fourth-order valence-corrected chi connectivity index (χ4v) is 5.14. The summed E-state index contributed by atoms with van der Waals surface area (Å²) in [5, 5.41) is 12.6. The number of hydrogen-bond acceptors (Lipinski definition) is 9. The number of rotatable bonds is 5. The number of pyridine rings is 1. The van der Waals surface area contributed by atoms with E-state index in [0.717, 1.165) is 32.5 Å². The van der Waals surface area contributed by atoms with Gasteiger partial charge in [0.15, 0.2) is 5.82 Å². The number of nitrogens with two attached hydrogens (primary N) is 2. The Balaban J connectivity index is 1.53. The Labute approximate surface area is 216 Å². The Morgan fingerprint density at radius 1 is 0.811 bits per heavy atom. The Kier molecular flexibility index (Phi) is 5.66. The normalized spacial score (nSPS) is 11.1. The van der Waals surface area contributed by atoms with Gasteiger partial charge in [0, 0.05) is 28.7 Å². The molecule has 0 aliphatic carbocycles. The molecular weight excluding hydrogens is 482 g/mol. The second-order valence-electron chi connectivity index (χ2n) is 8.40. The molecule has 0 saturated heterocycles. The van der Waals surface area contributed by atoms with E-state index >= 15 is 0 Å². The highest BCUT2D eigenvalue weighted by Gasteiger charge is 2.19. The minimum absolute atomic E-state index is 0.179. The van der Waals surface area contributed by atoms with E-state index in [9.17, 15) is 0 Å². The summed E-state index contributed by atoms with van der Waals surface area (Å²) >= 11 is 1.63. The number of anilines is 2. The monoisotopic (exact) mass is 503 g/mol. The first-order valence-electron chi connectivity index (χ1n) is 11.5. The molecule has 4 aromatic heterocycles. The van der Waals surface area contributed by atoms with Crippen LogP contribution in [0.2, 0.25) is 0 Å². The minimum atomic E-state index is 0.179. The predicted octanol–water partition coefficient (Wildman–Crippen LogP) is 6.14. The fourth-order valence-electron chi connectivity index (χ4n) is 4.25. The molecular formula is C28H21N7OS. The zero-order valence-corrected chi connectivity index (χ0v) is 20.6. The number of ether oxygens (including phenoxy) is 1. The maximum absolute atomic E-state index is 6.44. The number of para-hydroxylation sites is 1. The summed E-state index contributed by atoms with van der Waals surface area (Å²) in [6.07, 6.45) is 3.29. The number of aryl methyl sites for hydroxylation is 1. The lowest BCUT2D eigenvalue weighted by molar-refractivity contribution is 0.466. The molecule has 0 aliphatic heterocycles. The first kappa shape index (κ1) is 22.6. The van der Waals surface area contributed by atoms with Gasteiger partial charge in [0.25, 0.3) is 0 Å². The van der Waals surface area contributed by atoms with Crippen LogP contribution in [0.1, 0.15) is 5.56 Å². The van der Waals surface area contributed by atoms with Crippen molar-refractivity contribution in [2.45, 2.75) is 6.92 Å². The first-order valence-corrected chi connectivity index (χ1v) is 12.4. The average molecular weight is 504 g/mol. The van der Waals surface area contributed by atoms with Crippen LogP contribution < -0.4 is 16.2 Å². The molecule has 180 valence electrons. The van der Waals surface area contributed by atoms with Crippen LogP contribution in [-0.2, 0) is 0 Å². The van der Waals surface area contributed by atoms with Gasteiger partial charge in [-0.05, 0) is 53.8 Å². The number of thiophene rings is 1. The quantitative estimate of drug-likeness (QED) is 0.287. The molecule has 0 unspecified atom stereocenters. The van der Waals surface area contributed by atoms with Crippen molar-refractivity contribution in [2.75, 3.05) is 11.5 Å². The highest BCUT2D eigenvalue weighted by Crippen LogP contribution is 2.43. The predicted molar refractivity (Wildman–Crippen MR) is 147 cm³/mol. The number of nitrogens with zero attached hydrogens (tertiary/aromatic N) is 5. The largest absolute Gasteiger partial charge is 0.438 e. The summed E-state index contributed by atoms with van der Waals surface area (Å²) in [7, 11) is 0. The van der Waals surface area contributed by atoms with E-state index in [1.54, 1.807) is 29.8 Å². The maximum atomic E-state index is 6.44. The van der Waals surface area contributed by atoms with Gasteiger partial charge in [-0.25, -0.2) is 15.0 Å². The molecule has 0 radical (unpaired) electrons. The molecule has 0 bridgehead atoms. The van der Waals surface area contributed by atoms with E-state index in [0.29, 0.717) is 28.7 Å². The van der Waals surface area contributed by atoms with Crippen LogP contribution in [0.3, 0.4) is 0 Å². The highest BCUT2D eigenvalue weighted by atomic mass is 32.1. The molecule has 9 heteroatoms. The third kappa shape index (κ3) is 4.21. The molecule has 0 fully saturated rings. The molecule has 0 saturated carbocycles. The molecule has 4 heterocycles. The highest BCUT2D eigenvalue weighted by molar-refractivity contribution is 7.13.